The third kappa shape index (κ3) is 12.7. The third-order valence-electron chi connectivity index (χ3n) is 15.3. The monoisotopic (exact) mass is 980 g/mol. The lowest BCUT2D eigenvalue weighted by molar-refractivity contribution is -0.319. The van der Waals surface area contributed by atoms with Gasteiger partial charge in [0.15, 0.2) is 19.2 Å². The lowest BCUT2D eigenvalue weighted by Crippen LogP contribution is -2.62. The number of Topliss-reactive ketones (excluding diaryl/α,β-unsaturated/α-hetero) is 1. The Kier molecular flexibility index (Phi) is 19.2. The van der Waals surface area contributed by atoms with Crippen molar-refractivity contribution >= 4 is 29.3 Å². The number of ketones is 1. The molecular formula is C50H81N3O16. The number of anilines is 1. The van der Waals surface area contributed by atoms with Crippen LogP contribution in [0.1, 0.15) is 101 Å². The summed E-state index contributed by atoms with van der Waals surface area (Å²) in [6, 6.07) is 6.66. The number of likely N-dealkylation sites (N-methyl/N-ethyl adjacent to an activating group) is 1. The predicted octanol–water partition coefficient (Wildman–Crippen LogP) is 2.74. The van der Waals surface area contributed by atoms with Crippen molar-refractivity contribution < 1.29 is 77.5 Å². The first kappa shape index (κ1) is 56.6. The molecule has 392 valence electrons. The van der Waals surface area contributed by atoms with E-state index in [0.29, 0.717) is 24.4 Å². The van der Waals surface area contributed by atoms with Crippen molar-refractivity contribution in [2.45, 2.75) is 186 Å². The van der Waals surface area contributed by atoms with E-state index in [4.69, 9.17) is 37.9 Å². The van der Waals surface area contributed by atoms with Crippen LogP contribution in [0.3, 0.4) is 0 Å². The van der Waals surface area contributed by atoms with E-state index in [1.807, 2.05) is 31.9 Å². The lowest BCUT2D eigenvalue weighted by Gasteiger charge is -2.50. The Labute approximate surface area is 407 Å². The number of nitrogens with one attached hydrogen (secondary N) is 1. The molecule has 0 aromatic heterocycles. The molecule has 5 N–H and O–H groups in total. The van der Waals surface area contributed by atoms with E-state index in [2.05, 4.69) is 5.32 Å². The van der Waals surface area contributed by atoms with Gasteiger partial charge in [0.25, 0.3) is 5.91 Å². The highest BCUT2D eigenvalue weighted by Crippen LogP contribution is 2.42. The van der Waals surface area contributed by atoms with E-state index in [1.165, 1.54) is 28.1 Å². The third-order valence-corrected chi connectivity index (χ3v) is 15.3. The molecule has 0 radical (unpaired) electrons. The van der Waals surface area contributed by atoms with E-state index in [9.17, 15) is 39.6 Å². The number of aliphatic hydroxyl groups is 4. The Morgan fingerprint density at radius 2 is 1.58 bits per heavy atom. The Morgan fingerprint density at radius 1 is 0.913 bits per heavy atom. The van der Waals surface area contributed by atoms with E-state index < -0.39 is 114 Å². The van der Waals surface area contributed by atoms with Gasteiger partial charge in [-0.05, 0) is 80.0 Å². The molecule has 3 fully saturated rings. The van der Waals surface area contributed by atoms with Gasteiger partial charge in [-0.15, -0.1) is 0 Å². The molecule has 19 heteroatoms. The van der Waals surface area contributed by atoms with E-state index in [0.717, 1.165) is 0 Å². The normalized spacial score (nSPS) is 40.6. The van der Waals surface area contributed by atoms with Gasteiger partial charge in [0.1, 0.15) is 35.4 Å². The number of fused-ring (bicyclic) bond motifs is 1. The number of carbonyl (C=O) groups is 4. The molecule has 4 heterocycles. The molecule has 0 bridgehead atoms. The van der Waals surface area contributed by atoms with Gasteiger partial charge in [-0.1, -0.05) is 39.8 Å². The predicted molar refractivity (Wildman–Crippen MR) is 252 cm³/mol. The molecule has 2 amide bonds. The Morgan fingerprint density at radius 3 is 2.23 bits per heavy atom. The quantitative estimate of drug-likeness (QED) is 0.168. The number of rotatable bonds is 14. The first-order valence-electron chi connectivity index (χ1n) is 24.6. The zero-order valence-electron chi connectivity index (χ0n) is 42.9. The molecule has 1 aromatic carbocycles. The number of hydrogen-bond acceptors (Lipinski definition) is 17. The standard InChI is InChI=1S/C50H81N3O16/c1-14-36-50(10,61)43(58)29(4)40(56)27(2)24-49(9,63-13)45(30(5)42(31(6)46(60)67-36)68-39-25-48(8,62-12)44(59)32(7)66-39)69-47-41(57)34(23-28(3)65-47)52(11)22-20-51-37(54)19-21-53-33-17-15-16-18-35(33)64-26-38(53)55/h15-18,27-32,34,36,39,41-45,47,57-59,61H,14,19-26H2,1-13H3,(H,51,54)/t27-,28-,29+,30+,31-,32+,34+,36-,39+,41-,42+,43-,44+,45-,47+,48-,49-,50-/m1/s1. The van der Waals surface area contributed by atoms with Crippen molar-refractivity contribution in [2.24, 2.45) is 23.7 Å². The second-order valence-corrected chi connectivity index (χ2v) is 20.6. The molecule has 0 aliphatic carbocycles. The summed E-state index contributed by atoms with van der Waals surface area (Å²) in [6.07, 6.45) is -9.96. The zero-order valence-corrected chi connectivity index (χ0v) is 42.9. The highest BCUT2D eigenvalue weighted by atomic mass is 16.7. The highest BCUT2D eigenvalue weighted by Gasteiger charge is 2.54. The number of benzene rings is 1. The Hall–Kier alpha value is -3.34. The van der Waals surface area contributed by atoms with Crippen LogP contribution in [0.4, 0.5) is 5.69 Å². The summed E-state index contributed by atoms with van der Waals surface area (Å²) in [4.78, 5) is 57.8. The minimum absolute atomic E-state index is 0.0395. The van der Waals surface area contributed by atoms with Gasteiger partial charge in [0, 0.05) is 70.5 Å². The maximum atomic E-state index is 14.4. The maximum Gasteiger partial charge on any atom is 0.311 e. The smallest absolute Gasteiger partial charge is 0.311 e. The summed E-state index contributed by atoms with van der Waals surface area (Å²) in [7, 11) is 4.80. The average molecular weight is 980 g/mol. The van der Waals surface area contributed by atoms with Crippen LogP contribution in [-0.4, -0.2) is 181 Å². The molecule has 19 nitrogen and oxygen atoms in total. The number of hydrogen-bond donors (Lipinski definition) is 5. The second kappa shape index (κ2) is 23.5. The number of amides is 2. The molecule has 4 aliphatic rings. The number of para-hydroxylation sites is 2. The van der Waals surface area contributed by atoms with Crippen LogP contribution in [0.15, 0.2) is 24.3 Å². The molecule has 0 saturated carbocycles. The Balaban J connectivity index is 1.42. The van der Waals surface area contributed by atoms with Crippen LogP contribution < -0.4 is 15.0 Å². The van der Waals surface area contributed by atoms with Crippen LogP contribution in [0.2, 0.25) is 0 Å². The van der Waals surface area contributed by atoms with E-state index in [1.54, 1.807) is 64.6 Å². The van der Waals surface area contributed by atoms with Crippen molar-refractivity contribution in [1.29, 1.82) is 0 Å². The minimum Gasteiger partial charge on any atom is -0.482 e. The maximum absolute atomic E-state index is 14.4. The summed E-state index contributed by atoms with van der Waals surface area (Å²) in [5.74, 6) is -4.76. The van der Waals surface area contributed by atoms with Crippen LogP contribution >= 0.6 is 0 Å². The van der Waals surface area contributed by atoms with Crippen molar-refractivity contribution in [2.75, 3.05) is 52.4 Å². The molecular weight excluding hydrogens is 899 g/mol. The first-order chi connectivity index (χ1) is 32.3. The number of nitrogens with zero attached hydrogens (tertiary/aromatic N) is 2. The SMILES string of the molecule is CC[C@H]1OC(=O)[C@H](C)[C@@H](O[C@H]2C[C@@](C)(OC)[C@@H](O)[C@H](C)O2)[C@H](C)[C@@H](O[C@@H]2O[C@H](C)C[C@H](N(C)CCNC(=O)CCN3C(=O)COc4ccccc43)[C@H]2O)[C@](C)(OC)C[C@@H](C)C(=O)[C@H](C)[C@@H](O)[C@]1(C)O. The van der Waals surface area contributed by atoms with Gasteiger partial charge in [0.05, 0.1) is 53.3 Å². The van der Waals surface area contributed by atoms with Crippen LogP contribution in [-0.2, 0) is 52.3 Å². The fourth-order valence-corrected chi connectivity index (χ4v) is 10.7. The number of cyclic esters (lactones) is 1. The molecule has 18 atom stereocenters. The number of carbonyl (C=O) groups excluding carboxylic acids is 4. The molecule has 69 heavy (non-hydrogen) atoms. The summed E-state index contributed by atoms with van der Waals surface area (Å²) in [6.45, 7) is 17.5. The van der Waals surface area contributed by atoms with E-state index in [-0.39, 0.29) is 63.0 Å². The largest absolute Gasteiger partial charge is 0.482 e. The van der Waals surface area contributed by atoms with Crippen molar-refractivity contribution in [3.05, 3.63) is 24.3 Å². The Bertz CT molecular complexity index is 1910. The molecule has 4 aliphatic heterocycles. The molecule has 1 aromatic rings. The van der Waals surface area contributed by atoms with Gasteiger partial charge in [-0.2, -0.15) is 0 Å². The molecule has 0 unspecified atom stereocenters. The topological polar surface area (TPSA) is 242 Å². The van der Waals surface area contributed by atoms with E-state index >= 15 is 0 Å². The highest BCUT2D eigenvalue weighted by molar-refractivity contribution is 5.98. The lowest BCUT2D eigenvalue weighted by atomic mass is 9.74. The van der Waals surface area contributed by atoms with Crippen LogP contribution in [0, 0.1) is 23.7 Å². The van der Waals surface area contributed by atoms with Gasteiger partial charge < -0.3 is 68.5 Å². The summed E-state index contributed by atoms with van der Waals surface area (Å²) in [5.41, 5.74) is -3.84. The number of ether oxygens (including phenoxy) is 8. The summed E-state index contributed by atoms with van der Waals surface area (Å²) >= 11 is 0. The summed E-state index contributed by atoms with van der Waals surface area (Å²) in [5, 5.41) is 49.5. The minimum atomic E-state index is -2.02. The number of methoxy groups -OCH3 is 2. The van der Waals surface area contributed by atoms with Crippen LogP contribution in [0.25, 0.3) is 0 Å². The van der Waals surface area contributed by atoms with Gasteiger partial charge in [-0.25, -0.2) is 0 Å². The second-order valence-electron chi connectivity index (χ2n) is 20.6. The van der Waals surface area contributed by atoms with Gasteiger partial charge in [0.2, 0.25) is 5.91 Å². The fourth-order valence-electron chi connectivity index (χ4n) is 10.7. The zero-order chi connectivity index (χ0) is 51.3. The fraction of sp³-hybridized carbons (Fsp3) is 0.800. The van der Waals surface area contributed by atoms with Gasteiger partial charge >= 0.3 is 5.97 Å². The van der Waals surface area contributed by atoms with Gasteiger partial charge in [-0.3, -0.25) is 24.1 Å². The number of esters is 1. The molecule has 5 rings (SSSR count). The van der Waals surface area contributed by atoms with Crippen LogP contribution in [0.5, 0.6) is 5.75 Å². The average Bonchev–Trinajstić information content (AvgIpc) is 3.31. The van der Waals surface area contributed by atoms with Crippen molar-refractivity contribution in [3.63, 3.8) is 0 Å². The van der Waals surface area contributed by atoms with Crippen molar-refractivity contribution in [3.8, 4) is 5.75 Å². The number of aliphatic hydroxyl groups excluding tert-OH is 3. The first-order valence-corrected chi connectivity index (χ1v) is 24.6. The summed E-state index contributed by atoms with van der Waals surface area (Å²) < 4.78 is 50.0. The van der Waals surface area contributed by atoms with Crippen molar-refractivity contribution in [1.82, 2.24) is 10.2 Å². The molecule has 0 spiro atoms. The molecule has 3 saturated heterocycles.